The van der Waals surface area contributed by atoms with Gasteiger partial charge in [0.1, 0.15) is 0 Å². The molecule has 1 rings (SSSR count). The minimum Gasteiger partial charge on any atom is -0.296 e. The number of rotatable bonds is 2. The molecule has 0 atom stereocenters. The second-order valence-corrected chi connectivity index (χ2v) is 3.08. The van der Waals surface area contributed by atoms with Crippen molar-refractivity contribution in [2.45, 2.75) is 0 Å². The molecule has 1 aromatic carbocycles. The summed E-state index contributed by atoms with van der Waals surface area (Å²) in [7, 11) is 3.02. The van der Waals surface area contributed by atoms with Crippen molar-refractivity contribution >= 4 is 23.3 Å². The summed E-state index contributed by atoms with van der Waals surface area (Å²) in [6, 6.07) is 6.59. The van der Waals surface area contributed by atoms with Crippen LogP contribution in [0.15, 0.2) is 24.3 Å². The summed E-state index contributed by atoms with van der Waals surface area (Å²) in [5.41, 5.74) is 2.95. The monoisotopic (exact) mass is 214 g/mol. The number of hydrogen-bond acceptors (Lipinski definition) is 2. The van der Waals surface area contributed by atoms with Crippen LogP contribution in [0.1, 0.15) is 0 Å². The van der Waals surface area contributed by atoms with Gasteiger partial charge in [-0.3, -0.25) is 9.74 Å². The Morgan fingerprint density at radius 2 is 2.00 bits per heavy atom. The number of carbonyl (C=O) groups excluding carboxylic acids is 1. The summed E-state index contributed by atoms with van der Waals surface area (Å²) in [6.07, 6.45) is 0. The van der Waals surface area contributed by atoms with Gasteiger partial charge in [-0.25, -0.2) is 10.3 Å². The molecule has 0 radical (unpaired) electrons. The van der Waals surface area contributed by atoms with Gasteiger partial charge < -0.3 is 0 Å². The number of carbonyl (C=O) groups is 1. The third-order valence-electron chi connectivity index (χ3n) is 1.71. The van der Waals surface area contributed by atoms with Gasteiger partial charge in [-0.15, -0.1) is 0 Å². The van der Waals surface area contributed by atoms with E-state index in [4.69, 9.17) is 11.6 Å². The second-order valence-electron chi connectivity index (χ2n) is 2.65. The first-order chi connectivity index (χ1) is 6.65. The quantitative estimate of drug-likeness (QED) is 0.766. The summed E-state index contributed by atoms with van der Waals surface area (Å²) in [5, 5.41) is 0.634. The molecule has 0 aliphatic heterocycles. The van der Waals surface area contributed by atoms with Crippen LogP contribution >= 0.6 is 11.6 Å². The first kappa shape index (κ1) is 10.8. The summed E-state index contributed by atoms with van der Waals surface area (Å²) < 4.78 is 0. The summed E-state index contributed by atoms with van der Waals surface area (Å²) in [6.45, 7) is 0. The molecular formula is C9H11ClN2O2. The topological polar surface area (TPSA) is 41.6 Å². The summed E-state index contributed by atoms with van der Waals surface area (Å²) in [4.78, 5) is 17.2. The van der Waals surface area contributed by atoms with Crippen molar-refractivity contribution in [3.8, 4) is 0 Å². The van der Waals surface area contributed by atoms with Gasteiger partial charge >= 0.3 is 6.03 Å². The van der Waals surface area contributed by atoms with E-state index < -0.39 is 0 Å². The van der Waals surface area contributed by atoms with Gasteiger partial charge in [-0.1, -0.05) is 11.6 Å². The van der Waals surface area contributed by atoms with Crippen LogP contribution < -0.4 is 10.4 Å². The maximum atomic E-state index is 11.3. The molecule has 5 heteroatoms. The van der Waals surface area contributed by atoms with E-state index in [1.807, 2.05) is 0 Å². The van der Waals surface area contributed by atoms with Gasteiger partial charge in [0.15, 0.2) is 0 Å². The predicted molar refractivity (Wildman–Crippen MR) is 55.4 cm³/mol. The van der Waals surface area contributed by atoms with Crippen LogP contribution in [0, 0.1) is 0 Å². The third-order valence-corrected chi connectivity index (χ3v) is 1.96. The molecule has 0 heterocycles. The zero-order valence-electron chi connectivity index (χ0n) is 7.95. The van der Waals surface area contributed by atoms with Crippen LogP contribution in [0.2, 0.25) is 5.02 Å². The average molecular weight is 215 g/mol. The number of amides is 2. The Hall–Kier alpha value is -1.26. The number of hydroxylamine groups is 1. The van der Waals surface area contributed by atoms with Crippen LogP contribution in [0.3, 0.4) is 0 Å². The van der Waals surface area contributed by atoms with Gasteiger partial charge in [-0.2, -0.15) is 0 Å². The third kappa shape index (κ3) is 2.61. The minimum absolute atomic E-state index is 0.338. The molecule has 0 aliphatic rings. The lowest BCUT2D eigenvalue weighted by molar-refractivity contribution is 0.111. The second kappa shape index (κ2) is 4.83. The number of nitrogens with one attached hydrogen (secondary N) is 1. The molecule has 14 heavy (non-hydrogen) atoms. The molecule has 4 nitrogen and oxygen atoms in total. The van der Waals surface area contributed by atoms with Crippen LogP contribution in [-0.2, 0) is 4.84 Å². The standard InChI is InChI=1S/C9H11ClN2O2/c1-12(9(13)11-14-2)8-5-3-7(10)4-6-8/h3-6H,1-2H3,(H,11,13). The van der Waals surface area contributed by atoms with Crippen molar-refractivity contribution in [3.63, 3.8) is 0 Å². The fourth-order valence-corrected chi connectivity index (χ4v) is 1.06. The lowest BCUT2D eigenvalue weighted by Gasteiger charge is -2.16. The minimum atomic E-state index is -0.338. The Bertz CT molecular complexity index is 313. The first-order valence-corrected chi connectivity index (χ1v) is 4.35. The van der Waals surface area contributed by atoms with E-state index in [1.54, 1.807) is 31.3 Å². The number of anilines is 1. The van der Waals surface area contributed by atoms with Crippen LogP contribution in [0.4, 0.5) is 10.5 Å². The highest BCUT2D eigenvalue weighted by Gasteiger charge is 2.09. The van der Waals surface area contributed by atoms with Crippen molar-refractivity contribution < 1.29 is 9.63 Å². The number of benzene rings is 1. The predicted octanol–water partition coefficient (Wildman–Crippen LogP) is 2.05. The lowest BCUT2D eigenvalue weighted by Crippen LogP contribution is -2.36. The molecule has 76 valence electrons. The van der Waals surface area contributed by atoms with Crippen LogP contribution in [0.25, 0.3) is 0 Å². The van der Waals surface area contributed by atoms with Crippen molar-refractivity contribution in [2.24, 2.45) is 0 Å². The molecule has 0 fully saturated rings. The maximum absolute atomic E-state index is 11.3. The Morgan fingerprint density at radius 1 is 1.43 bits per heavy atom. The van der Waals surface area contributed by atoms with Crippen LogP contribution in [-0.4, -0.2) is 20.2 Å². The largest absolute Gasteiger partial charge is 0.345 e. The Kier molecular flexibility index (Phi) is 3.73. The van der Waals surface area contributed by atoms with Crippen molar-refractivity contribution in [2.75, 3.05) is 19.1 Å². The number of urea groups is 1. The molecule has 1 N–H and O–H groups in total. The Morgan fingerprint density at radius 3 is 2.50 bits per heavy atom. The van der Waals surface area contributed by atoms with Crippen LogP contribution in [0.5, 0.6) is 0 Å². The maximum Gasteiger partial charge on any atom is 0.345 e. The molecule has 0 unspecified atom stereocenters. The molecule has 0 saturated carbocycles. The molecule has 1 aromatic rings. The first-order valence-electron chi connectivity index (χ1n) is 3.97. The van der Waals surface area contributed by atoms with Gasteiger partial charge in [0, 0.05) is 17.8 Å². The van der Waals surface area contributed by atoms with Gasteiger partial charge in [0.2, 0.25) is 0 Å². The molecule has 0 aliphatic carbocycles. The SMILES string of the molecule is CONC(=O)N(C)c1ccc(Cl)cc1. The van der Waals surface area contributed by atoms with E-state index in [0.717, 1.165) is 5.69 Å². The highest BCUT2D eigenvalue weighted by Crippen LogP contribution is 2.16. The average Bonchev–Trinajstić information content (AvgIpc) is 2.18. The normalized spacial score (nSPS) is 9.64. The zero-order chi connectivity index (χ0) is 10.6. The van der Waals surface area contributed by atoms with Crippen molar-refractivity contribution in [1.29, 1.82) is 0 Å². The summed E-state index contributed by atoms with van der Waals surface area (Å²) >= 11 is 5.71. The number of nitrogens with zero attached hydrogens (tertiary/aromatic N) is 1. The van der Waals surface area contributed by atoms with E-state index in [0.29, 0.717) is 5.02 Å². The van der Waals surface area contributed by atoms with Gasteiger partial charge in [0.25, 0.3) is 0 Å². The highest BCUT2D eigenvalue weighted by atomic mass is 35.5. The fraction of sp³-hybridized carbons (Fsp3) is 0.222. The molecule has 0 spiro atoms. The van der Waals surface area contributed by atoms with Crippen molar-refractivity contribution in [1.82, 2.24) is 5.48 Å². The number of halogens is 1. The number of hydrogen-bond donors (Lipinski definition) is 1. The molecule has 0 bridgehead atoms. The van der Waals surface area contributed by atoms with E-state index in [9.17, 15) is 4.79 Å². The molecule has 0 aromatic heterocycles. The van der Waals surface area contributed by atoms with Gasteiger partial charge in [-0.05, 0) is 24.3 Å². The fourth-order valence-electron chi connectivity index (χ4n) is 0.938. The summed E-state index contributed by atoms with van der Waals surface area (Å²) in [5.74, 6) is 0. The lowest BCUT2D eigenvalue weighted by atomic mass is 10.3. The zero-order valence-corrected chi connectivity index (χ0v) is 8.71. The molecular weight excluding hydrogens is 204 g/mol. The van der Waals surface area contributed by atoms with E-state index >= 15 is 0 Å². The molecule has 0 saturated heterocycles. The molecule has 2 amide bonds. The smallest absolute Gasteiger partial charge is 0.296 e. The Balaban J connectivity index is 2.73. The highest BCUT2D eigenvalue weighted by molar-refractivity contribution is 6.30. The van der Waals surface area contributed by atoms with Crippen molar-refractivity contribution in [3.05, 3.63) is 29.3 Å². The van der Waals surface area contributed by atoms with E-state index in [-0.39, 0.29) is 6.03 Å². The van der Waals surface area contributed by atoms with E-state index in [1.165, 1.54) is 12.0 Å². The van der Waals surface area contributed by atoms with Gasteiger partial charge in [0.05, 0.1) is 7.11 Å². The Labute approximate surface area is 87.4 Å². The van der Waals surface area contributed by atoms with E-state index in [2.05, 4.69) is 10.3 Å².